The summed E-state index contributed by atoms with van der Waals surface area (Å²) in [7, 11) is 1.48. The highest BCUT2D eigenvalue weighted by Gasteiger charge is 2.38. The highest BCUT2D eigenvalue weighted by Crippen LogP contribution is 2.32. The lowest BCUT2D eigenvalue weighted by molar-refractivity contribution is -0.178. The number of halogens is 3. The van der Waals surface area contributed by atoms with Crippen molar-refractivity contribution in [2.45, 2.75) is 83.6 Å². The molecule has 0 saturated heterocycles. The van der Waals surface area contributed by atoms with Gasteiger partial charge in [0, 0.05) is 25.3 Å². The maximum Gasteiger partial charge on any atom is 0.348 e. The second kappa shape index (κ2) is 17.8. The number of ether oxygens (including phenoxy) is 3. The number of cyclic esters (lactones) is 2. The van der Waals surface area contributed by atoms with Gasteiger partial charge in [-0.25, -0.2) is 9.18 Å². The lowest BCUT2D eigenvalue weighted by Crippen LogP contribution is -2.51. The predicted molar refractivity (Wildman–Crippen MR) is 184 cm³/mol. The molecule has 0 saturated carbocycles. The van der Waals surface area contributed by atoms with E-state index >= 15 is 0 Å². The average Bonchev–Trinajstić information content (AvgIpc) is 3.04. The molecule has 0 radical (unpaired) electrons. The van der Waals surface area contributed by atoms with Crippen molar-refractivity contribution in [3.8, 4) is 5.75 Å². The van der Waals surface area contributed by atoms with Gasteiger partial charge in [0.05, 0.1) is 29.0 Å². The van der Waals surface area contributed by atoms with Crippen molar-refractivity contribution >= 4 is 47.0 Å². The molecule has 0 bridgehead atoms. The number of amides is 2. The zero-order chi connectivity index (χ0) is 36.5. The normalized spacial score (nSPS) is 22.7. The fourth-order valence-corrected chi connectivity index (χ4v) is 5.75. The third-order valence-electron chi connectivity index (χ3n) is 8.19. The Morgan fingerprint density at radius 3 is 2.35 bits per heavy atom. The van der Waals surface area contributed by atoms with Crippen LogP contribution in [0.5, 0.6) is 5.75 Å². The Morgan fingerprint density at radius 2 is 1.73 bits per heavy atom. The number of methoxy groups -OCH3 is 1. The maximum absolute atomic E-state index is 13.6. The molecule has 0 aromatic heterocycles. The van der Waals surface area contributed by atoms with Gasteiger partial charge in [0.25, 0.3) is 0 Å². The van der Waals surface area contributed by atoms with E-state index in [1.165, 1.54) is 43.5 Å². The molecule has 3 rings (SSSR count). The van der Waals surface area contributed by atoms with Gasteiger partial charge in [-0.05, 0) is 67.7 Å². The number of benzene rings is 2. The minimum Gasteiger partial charge on any atom is -0.495 e. The van der Waals surface area contributed by atoms with E-state index in [0.717, 1.165) is 0 Å². The Hall–Kier alpha value is -3.67. The smallest absolute Gasteiger partial charge is 0.348 e. The lowest BCUT2D eigenvalue weighted by atomic mass is 9.91. The number of alkyl halides is 1. The van der Waals surface area contributed by atoms with Crippen molar-refractivity contribution in [1.82, 2.24) is 10.6 Å². The number of hydrogen-bond acceptors (Lipinski definition) is 8. The first-order chi connectivity index (χ1) is 23.0. The Balaban J connectivity index is 1.96. The third-order valence-corrected chi connectivity index (χ3v) is 8.99. The van der Waals surface area contributed by atoms with Crippen LogP contribution in [0.15, 0.2) is 54.6 Å². The second-order valence-corrected chi connectivity index (χ2v) is 14.1. The lowest BCUT2D eigenvalue weighted by Gasteiger charge is -2.31. The van der Waals surface area contributed by atoms with Crippen LogP contribution in [0.3, 0.4) is 0 Å². The molecule has 1 heterocycles. The van der Waals surface area contributed by atoms with Gasteiger partial charge >= 0.3 is 11.9 Å². The summed E-state index contributed by atoms with van der Waals surface area (Å²) in [6.45, 7) is 8.28. The first kappa shape index (κ1) is 39.8. The molecule has 13 heteroatoms. The molecule has 0 aliphatic carbocycles. The molecule has 1 aliphatic heterocycles. The van der Waals surface area contributed by atoms with Gasteiger partial charge in [-0.1, -0.05) is 56.6 Å². The SMILES string of the molecule is COc1ccc(C[C@H]2NC(=O)CC=CC([C@H](C)C(O)C(Cl)c3ccc(F)cc3)OC(=O)[C@H](CC(C)C)OC(=O)C(C)(C)CNC2=O)cc1Cl. The van der Waals surface area contributed by atoms with Crippen LogP contribution >= 0.6 is 23.2 Å². The van der Waals surface area contributed by atoms with E-state index in [0.29, 0.717) is 21.9 Å². The molecule has 49 heavy (non-hydrogen) atoms. The molecule has 3 N–H and O–H groups in total. The minimum absolute atomic E-state index is 0.0719. The summed E-state index contributed by atoms with van der Waals surface area (Å²) < 4.78 is 30.3. The summed E-state index contributed by atoms with van der Waals surface area (Å²) >= 11 is 12.9. The maximum atomic E-state index is 13.6. The van der Waals surface area contributed by atoms with Crippen LogP contribution in [0.25, 0.3) is 0 Å². The van der Waals surface area contributed by atoms with Crippen molar-refractivity contribution in [2.24, 2.45) is 17.3 Å². The van der Waals surface area contributed by atoms with E-state index in [1.54, 1.807) is 39.0 Å². The van der Waals surface area contributed by atoms with E-state index in [4.69, 9.17) is 37.4 Å². The summed E-state index contributed by atoms with van der Waals surface area (Å²) in [5.41, 5.74) is -0.177. The zero-order valence-corrected chi connectivity index (χ0v) is 30.0. The van der Waals surface area contributed by atoms with E-state index in [-0.39, 0.29) is 31.7 Å². The second-order valence-electron chi connectivity index (χ2n) is 13.3. The molecule has 1 aliphatic rings. The predicted octanol–water partition coefficient (Wildman–Crippen LogP) is 5.46. The Labute approximate surface area is 296 Å². The summed E-state index contributed by atoms with van der Waals surface area (Å²) in [4.78, 5) is 53.6. The van der Waals surface area contributed by atoms with Crippen molar-refractivity contribution in [1.29, 1.82) is 0 Å². The number of carbonyl (C=O) groups is 4. The summed E-state index contributed by atoms with van der Waals surface area (Å²) in [5.74, 6) is -3.58. The standard InChI is InChI=1S/C36H45Cl2FN2O8/c1-20(2)16-29-34(45)48-27(21(3)32(43)31(38)23-11-13-24(39)14-12-23)8-7-9-30(42)41-26(18-22-10-15-28(47-6)25(37)17-22)33(44)40-19-36(4,5)35(46)49-29/h7-8,10-15,17,20-21,26-27,29,31-32,43H,9,16,18-19H2,1-6H3,(H,40,44)(H,41,42)/t21-,26+,27?,29-,31?,32?/m0/s1. The van der Waals surface area contributed by atoms with Crippen LogP contribution in [-0.4, -0.2) is 66.9 Å². The van der Waals surface area contributed by atoms with Gasteiger partial charge < -0.3 is 30.0 Å². The fourth-order valence-electron chi connectivity index (χ4n) is 5.09. The van der Waals surface area contributed by atoms with Gasteiger partial charge in [0.1, 0.15) is 23.7 Å². The molecule has 2 aromatic rings. The monoisotopic (exact) mass is 722 g/mol. The molecule has 3 unspecified atom stereocenters. The van der Waals surface area contributed by atoms with Gasteiger partial charge in [-0.3, -0.25) is 14.4 Å². The van der Waals surface area contributed by atoms with Crippen molar-refractivity contribution in [3.63, 3.8) is 0 Å². The van der Waals surface area contributed by atoms with Gasteiger partial charge in [0.15, 0.2) is 6.10 Å². The van der Waals surface area contributed by atoms with Crippen molar-refractivity contribution in [2.75, 3.05) is 13.7 Å². The number of aliphatic hydroxyl groups is 1. The van der Waals surface area contributed by atoms with Crippen LogP contribution in [0.1, 0.15) is 64.0 Å². The first-order valence-corrected chi connectivity index (χ1v) is 16.9. The highest BCUT2D eigenvalue weighted by molar-refractivity contribution is 6.32. The topological polar surface area (TPSA) is 140 Å². The first-order valence-electron chi connectivity index (χ1n) is 16.1. The number of rotatable bonds is 9. The van der Waals surface area contributed by atoms with Crippen LogP contribution in [0.4, 0.5) is 4.39 Å². The van der Waals surface area contributed by atoms with Gasteiger partial charge in [-0.2, -0.15) is 0 Å². The molecule has 2 amide bonds. The van der Waals surface area contributed by atoms with E-state index in [1.807, 2.05) is 13.8 Å². The van der Waals surface area contributed by atoms with Gasteiger partial charge in [-0.15, -0.1) is 11.6 Å². The third kappa shape index (κ3) is 11.4. The molecular weight excluding hydrogens is 678 g/mol. The molecule has 268 valence electrons. The minimum atomic E-state index is -1.30. The Bertz CT molecular complexity index is 1500. The average molecular weight is 724 g/mol. The van der Waals surface area contributed by atoms with Crippen LogP contribution in [0, 0.1) is 23.1 Å². The molecular formula is C36H45Cl2FN2O8. The number of carbonyl (C=O) groups excluding carboxylic acids is 4. The van der Waals surface area contributed by atoms with Crippen LogP contribution in [0.2, 0.25) is 5.02 Å². The molecule has 10 nitrogen and oxygen atoms in total. The van der Waals surface area contributed by atoms with Crippen molar-refractivity contribution in [3.05, 3.63) is 76.6 Å². The Kier molecular flexibility index (Phi) is 14.5. The Morgan fingerprint density at radius 1 is 1.06 bits per heavy atom. The summed E-state index contributed by atoms with van der Waals surface area (Å²) in [5, 5.41) is 16.0. The highest BCUT2D eigenvalue weighted by atomic mass is 35.5. The van der Waals surface area contributed by atoms with Crippen LogP contribution < -0.4 is 15.4 Å². The quantitative estimate of drug-likeness (QED) is 0.176. The van der Waals surface area contributed by atoms with Crippen molar-refractivity contribution < 1.29 is 42.9 Å². The van der Waals surface area contributed by atoms with E-state index < -0.39 is 70.6 Å². The number of hydrogen-bond donors (Lipinski definition) is 3. The molecule has 0 fully saturated rings. The fraction of sp³-hybridized carbons (Fsp3) is 0.500. The van der Waals surface area contributed by atoms with E-state index in [9.17, 15) is 28.7 Å². The largest absolute Gasteiger partial charge is 0.495 e. The number of nitrogens with one attached hydrogen (secondary N) is 2. The summed E-state index contributed by atoms with van der Waals surface area (Å²) in [6.07, 6.45) is -0.788. The molecule has 0 spiro atoms. The zero-order valence-electron chi connectivity index (χ0n) is 28.5. The number of esters is 2. The summed E-state index contributed by atoms with van der Waals surface area (Å²) in [6, 6.07) is 9.30. The molecule has 2 aromatic carbocycles. The van der Waals surface area contributed by atoms with Gasteiger partial charge in [0.2, 0.25) is 11.8 Å². The van der Waals surface area contributed by atoms with E-state index in [2.05, 4.69) is 10.6 Å². The number of aliphatic hydroxyl groups excluding tert-OH is 1. The van der Waals surface area contributed by atoms with Crippen LogP contribution in [-0.2, 0) is 35.1 Å². The molecule has 6 atom stereocenters.